The van der Waals surface area contributed by atoms with Crippen LogP contribution in [0.2, 0.25) is 5.02 Å². The number of alkyl carbamates (subject to hydrolysis) is 1. The number of carbonyl (C=O) groups is 1. The van der Waals surface area contributed by atoms with Crippen LogP contribution in [0.5, 0.6) is 0 Å². The van der Waals surface area contributed by atoms with E-state index in [0.29, 0.717) is 30.6 Å². The second kappa shape index (κ2) is 12.2. The molecular weight excluding hydrogens is 455 g/mol. The molecule has 0 atom stereocenters. The fourth-order valence-corrected chi connectivity index (χ4v) is 2.07. The molecule has 0 aliphatic heterocycles. The van der Waals surface area contributed by atoms with E-state index in [0.717, 1.165) is 12.0 Å². The maximum Gasteiger partial charge on any atom is 0.407 e. The van der Waals surface area contributed by atoms with E-state index < -0.39 is 11.7 Å². The van der Waals surface area contributed by atoms with Crippen molar-refractivity contribution >= 4 is 47.6 Å². The highest BCUT2D eigenvalue weighted by Crippen LogP contribution is 2.10. The van der Waals surface area contributed by atoms with Crippen LogP contribution < -0.4 is 16.0 Å². The third-order valence-electron chi connectivity index (χ3n) is 2.89. The first-order chi connectivity index (χ1) is 11.3. The third kappa shape index (κ3) is 11.9. The van der Waals surface area contributed by atoms with Crippen molar-refractivity contribution < 1.29 is 9.53 Å². The molecule has 0 radical (unpaired) electrons. The molecule has 0 saturated carbocycles. The van der Waals surface area contributed by atoms with Gasteiger partial charge in [-0.05, 0) is 44.9 Å². The van der Waals surface area contributed by atoms with E-state index in [4.69, 9.17) is 16.3 Å². The van der Waals surface area contributed by atoms with Gasteiger partial charge in [-0.15, -0.1) is 24.0 Å². The minimum Gasteiger partial charge on any atom is -0.444 e. The molecule has 8 heteroatoms. The Morgan fingerprint density at radius 1 is 1.20 bits per heavy atom. The first-order valence-corrected chi connectivity index (χ1v) is 8.34. The molecule has 3 N–H and O–H groups in total. The maximum absolute atomic E-state index is 11.5. The molecule has 6 nitrogen and oxygen atoms in total. The van der Waals surface area contributed by atoms with Crippen LogP contribution in [-0.4, -0.2) is 37.8 Å². The highest BCUT2D eigenvalue weighted by Gasteiger charge is 2.15. The van der Waals surface area contributed by atoms with Gasteiger partial charge in [0.2, 0.25) is 0 Å². The number of benzene rings is 1. The standard InChI is InChI=1S/C17H27ClN4O2.HI/c1-17(2,3)24-16(23)21-10-6-9-20-15(19-4)22-12-13-7-5-8-14(18)11-13;/h5,7-8,11H,6,9-10,12H2,1-4H3,(H,21,23)(H2,19,20,22);1H. The molecule has 142 valence electrons. The highest BCUT2D eigenvalue weighted by atomic mass is 127. The number of ether oxygens (including phenoxy) is 1. The Bertz CT molecular complexity index is 562. The average molecular weight is 483 g/mol. The first kappa shape index (κ1) is 23.8. The van der Waals surface area contributed by atoms with Crippen molar-refractivity contribution in [1.82, 2.24) is 16.0 Å². The maximum atomic E-state index is 11.5. The van der Waals surface area contributed by atoms with Crippen LogP contribution in [0, 0.1) is 0 Å². The lowest BCUT2D eigenvalue weighted by atomic mass is 10.2. The highest BCUT2D eigenvalue weighted by molar-refractivity contribution is 14.0. The number of amides is 1. The fraction of sp³-hybridized carbons (Fsp3) is 0.529. The minimum absolute atomic E-state index is 0. The number of nitrogens with zero attached hydrogens (tertiary/aromatic N) is 1. The number of halogens is 2. The summed E-state index contributed by atoms with van der Waals surface area (Å²) in [5.41, 5.74) is 0.603. The van der Waals surface area contributed by atoms with Crippen molar-refractivity contribution in [2.45, 2.75) is 39.3 Å². The van der Waals surface area contributed by atoms with E-state index in [1.807, 2.05) is 45.0 Å². The van der Waals surface area contributed by atoms with E-state index in [-0.39, 0.29) is 24.0 Å². The number of hydrogen-bond donors (Lipinski definition) is 3. The summed E-state index contributed by atoms with van der Waals surface area (Å²) in [7, 11) is 1.71. The first-order valence-electron chi connectivity index (χ1n) is 7.96. The van der Waals surface area contributed by atoms with Crippen molar-refractivity contribution in [2.24, 2.45) is 4.99 Å². The SMILES string of the molecule is CN=C(NCCCNC(=O)OC(C)(C)C)NCc1cccc(Cl)c1.I. The molecule has 0 unspecified atom stereocenters. The minimum atomic E-state index is -0.478. The van der Waals surface area contributed by atoms with Gasteiger partial charge < -0.3 is 20.7 Å². The summed E-state index contributed by atoms with van der Waals surface area (Å²) in [6.45, 7) is 7.37. The fourth-order valence-electron chi connectivity index (χ4n) is 1.85. The Labute approximate surface area is 172 Å². The summed E-state index contributed by atoms with van der Waals surface area (Å²) < 4.78 is 5.17. The summed E-state index contributed by atoms with van der Waals surface area (Å²) in [5, 5.41) is 9.83. The predicted molar refractivity (Wildman–Crippen MR) is 114 cm³/mol. The Kier molecular flexibility index (Phi) is 11.6. The number of aliphatic imine (C=N–C) groups is 1. The zero-order valence-corrected chi connectivity index (χ0v) is 18.3. The van der Waals surface area contributed by atoms with Gasteiger partial charge >= 0.3 is 6.09 Å². The van der Waals surface area contributed by atoms with E-state index in [1.165, 1.54) is 0 Å². The molecule has 0 saturated heterocycles. The molecule has 1 aromatic rings. The number of guanidine groups is 1. The van der Waals surface area contributed by atoms with Crippen molar-refractivity contribution in [1.29, 1.82) is 0 Å². The molecule has 0 aromatic heterocycles. The second-order valence-corrected chi connectivity index (χ2v) is 6.70. The van der Waals surface area contributed by atoms with Crippen molar-refractivity contribution in [3.8, 4) is 0 Å². The lowest BCUT2D eigenvalue weighted by Gasteiger charge is -2.19. The van der Waals surface area contributed by atoms with Crippen molar-refractivity contribution in [3.05, 3.63) is 34.9 Å². The van der Waals surface area contributed by atoms with Crippen molar-refractivity contribution in [2.75, 3.05) is 20.1 Å². The van der Waals surface area contributed by atoms with E-state index in [2.05, 4.69) is 20.9 Å². The molecule has 1 rings (SSSR count). The third-order valence-corrected chi connectivity index (χ3v) is 3.12. The van der Waals surface area contributed by atoms with Gasteiger partial charge in [-0.3, -0.25) is 4.99 Å². The van der Waals surface area contributed by atoms with E-state index >= 15 is 0 Å². The topological polar surface area (TPSA) is 74.8 Å². The van der Waals surface area contributed by atoms with Crippen LogP contribution in [-0.2, 0) is 11.3 Å². The molecule has 0 spiro atoms. The number of nitrogens with one attached hydrogen (secondary N) is 3. The van der Waals surface area contributed by atoms with Crippen LogP contribution >= 0.6 is 35.6 Å². The summed E-state index contributed by atoms with van der Waals surface area (Å²) in [5.74, 6) is 0.701. The summed E-state index contributed by atoms with van der Waals surface area (Å²) in [6.07, 6.45) is 0.364. The average Bonchev–Trinajstić information content (AvgIpc) is 2.48. The van der Waals surface area contributed by atoms with Gasteiger partial charge in [0.1, 0.15) is 5.60 Å². The van der Waals surface area contributed by atoms with Gasteiger partial charge in [0, 0.05) is 31.7 Å². The van der Waals surface area contributed by atoms with Gasteiger partial charge in [0.05, 0.1) is 0 Å². The van der Waals surface area contributed by atoms with Gasteiger partial charge in [-0.2, -0.15) is 0 Å². The van der Waals surface area contributed by atoms with Crippen LogP contribution in [0.3, 0.4) is 0 Å². The molecule has 0 aliphatic rings. The van der Waals surface area contributed by atoms with Gasteiger partial charge in [0.25, 0.3) is 0 Å². The molecule has 1 aromatic carbocycles. The quantitative estimate of drug-likeness (QED) is 0.251. The van der Waals surface area contributed by atoms with Gasteiger partial charge in [-0.1, -0.05) is 23.7 Å². The zero-order valence-electron chi connectivity index (χ0n) is 15.2. The number of rotatable bonds is 6. The Morgan fingerprint density at radius 2 is 1.88 bits per heavy atom. The van der Waals surface area contributed by atoms with Crippen LogP contribution in [0.25, 0.3) is 0 Å². The van der Waals surface area contributed by atoms with Gasteiger partial charge in [-0.25, -0.2) is 4.79 Å². The van der Waals surface area contributed by atoms with Crippen molar-refractivity contribution in [3.63, 3.8) is 0 Å². The van der Waals surface area contributed by atoms with E-state index in [1.54, 1.807) is 7.05 Å². The Balaban J connectivity index is 0.00000576. The summed E-state index contributed by atoms with van der Waals surface area (Å²) in [6, 6.07) is 7.66. The Morgan fingerprint density at radius 3 is 2.48 bits per heavy atom. The lowest BCUT2D eigenvalue weighted by molar-refractivity contribution is 0.0527. The van der Waals surface area contributed by atoms with Crippen LogP contribution in [0.4, 0.5) is 4.79 Å². The molecule has 0 heterocycles. The predicted octanol–water partition coefficient (Wildman–Crippen LogP) is 3.54. The molecule has 1 amide bonds. The summed E-state index contributed by atoms with van der Waals surface area (Å²) in [4.78, 5) is 15.7. The normalized spacial score (nSPS) is 11.3. The van der Waals surface area contributed by atoms with Crippen LogP contribution in [0.1, 0.15) is 32.8 Å². The molecule has 25 heavy (non-hydrogen) atoms. The summed E-state index contributed by atoms with van der Waals surface area (Å²) >= 11 is 5.96. The zero-order chi connectivity index (χ0) is 18.0. The smallest absolute Gasteiger partial charge is 0.407 e. The number of carbonyl (C=O) groups excluding carboxylic acids is 1. The molecule has 0 aliphatic carbocycles. The number of hydrogen-bond acceptors (Lipinski definition) is 3. The van der Waals surface area contributed by atoms with Gasteiger partial charge in [0.15, 0.2) is 5.96 Å². The second-order valence-electron chi connectivity index (χ2n) is 6.26. The van der Waals surface area contributed by atoms with Crippen LogP contribution in [0.15, 0.2) is 29.3 Å². The lowest BCUT2D eigenvalue weighted by Crippen LogP contribution is -2.39. The van der Waals surface area contributed by atoms with E-state index in [9.17, 15) is 4.79 Å². The Hall–Kier alpha value is -1.22. The molecule has 0 bridgehead atoms. The molecular formula is C17H28ClIN4O2. The monoisotopic (exact) mass is 482 g/mol. The molecule has 0 fully saturated rings. The largest absolute Gasteiger partial charge is 0.444 e.